The summed E-state index contributed by atoms with van der Waals surface area (Å²) in [7, 11) is -1.52. The smallest absolute Gasteiger partial charge is 0.274 e. The highest BCUT2D eigenvalue weighted by Crippen LogP contribution is 2.13. The summed E-state index contributed by atoms with van der Waals surface area (Å²) in [5.41, 5.74) is 0. The Bertz CT molecular complexity index is 239. The van der Waals surface area contributed by atoms with Crippen molar-refractivity contribution in [1.29, 1.82) is 0 Å². The third-order valence-corrected chi connectivity index (χ3v) is 2.76. The van der Waals surface area contributed by atoms with Crippen molar-refractivity contribution in [3.63, 3.8) is 0 Å². The minimum atomic E-state index is -3.51. The molecule has 3 N–H and O–H groups in total. The summed E-state index contributed by atoms with van der Waals surface area (Å²) in [5.74, 6) is 0. The molecule has 72 valence electrons. The largest absolute Gasteiger partial charge is 0.302 e. The van der Waals surface area contributed by atoms with Crippen molar-refractivity contribution in [3.8, 4) is 0 Å². The lowest BCUT2D eigenvalue weighted by Crippen LogP contribution is -2.40. The van der Waals surface area contributed by atoms with Crippen LogP contribution in [0.1, 0.15) is 12.8 Å². The zero-order valence-electron chi connectivity index (χ0n) is 7.16. The van der Waals surface area contributed by atoms with Crippen LogP contribution in [0.2, 0.25) is 0 Å². The van der Waals surface area contributed by atoms with Gasteiger partial charge in [-0.2, -0.15) is 8.42 Å². The first-order chi connectivity index (χ1) is 5.49. The lowest BCUT2D eigenvalue weighted by atomic mass is 10.2. The Balaban J connectivity index is 2.32. The molecule has 1 aliphatic heterocycles. The van der Waals surface area contributed by atoms with Crippen LogP contribution in [0.15, 0.2) is 0 Å². The zero-order chi connectivity index (χ0) is 9.19. The topological polar surface area (TPSA) is 75.4 Å². The summed E-state index contributed by atoms with van der Waals surface area (Å²) in [4.78, 5) is 2.14. The number of hydrogen-bond acceptors (Lipinski definition) is 3. The first-order valence-electron chi connectivity index (χ1n) is 3.96. The molecule has 0 saturated carbocycles. The number of likely N-dealkylation sites (tertiary alicyclic amines) is 1. The number of nitrogens with one attached hydrogen (secondary N) is 1. The molecule has 0 radical (unpaired) electrons. The molecule has 5 nitrogen and oxygen atoms in total. The Labute approximate surface area is 73.1 Å². The van der Waals surface area contributed by atoms with Crippen LogP contribution in [0.3, 0.4) is 0 Å². The molecule has 0 amide bonds. The van der Waals surface area contributed by atoms with Crippen molar-refractivity contribution in [3.05, 3.63) is 0 Å². The standard InChI is InChI=1S/C6H15N3O2S/c1-9-4-2-3-6(9)5-8-12(7,10)11/h6,8H,2-5H2,1H3,(H2,7,10,11). The lowest BCUT2D eigenvalue weighted by molar-refractivity contribution is 0.311. The molecule has 0 spiro atoms. The average Bonchev–Trinajstić information content (AvgIpc) is 2.29. The Hall–Kier alpha value is -0.170. The fourth-order valence-electron chi connectivity index (χ4n) is 1.45. The predicted octanol–water partition coefficient (Wildman–Crippen LogP) is -1.13. The van der Waals surface area contributed by atoms with Crippen molar-refractivity contribution in [2.45, 2.75) is 18.9 Å². The van der Waals surface area contributed by atoms with Crippen LogP contribution in [0.5, 0.6) is 0 Å². The van der Waals surface area contributed by atoms with Gasteiger partial charge in [0.05, 0.1) is 0 Å². The molecule has 0 aliphatic carbocycles. The highest BCUT2D eigenvalue weighted by Gasteiger charge is 2.21. The van der Waals surface area contributed by atoms with E-state index in [-0.39, 0.29) is 0 Å². The molecular formula is C6H15N3O2S. The maximum atomic E-state index is 10.5. The highest BCUT2D eigenvalue weighted by atomic mass is 32.2. The molecule has 0 aromatic heterocycles. The van der Waals surface area contributed by atoms with E-state index < -0.39 is 10.2 Å². The van der Waals surface area contributed by atoms with Crippen molar-refractivity contribution in [2.75, 3.05) is 20.1 Å². The summed E-state index contributed by atoms with van der Waals surface area (Å²) in [6, 6.07) is 0.309. The van der Waals surface area contributed by atoms with Gasteiger partial charge < -0.3 is 4.90 Å². The first-order valence-corrected chi connectivity index (χ1v) is 5.51. The van der Waals surface area contributed by atoms with Gasteiger partial charge in [-0.15, -0.1) is 0 Å². The lowest BCUT2D eigenvalue weighted by Gasteiger charge is -2.18. The van der Waals surface area contributed by atoms with Gasteiger partial charge in [0.1, 0.15) is 0 Å². The van der Waals surface area contributed by atoms with Crippen molar-refractivity contribution in [2.24, 2.45) is 5.14 Å². The van der Waals surface area contributed by atoms with Gasteiger partial charge in [0.25, 0.3) is 10.2 Å². The summed E-state index contributed by atoms with van der Waals surface area (Å²) >= 11 is 0. The number of likely N-dealkylation sites (N-methyl/N-ethyl adjacent to an activating group) is 1. The summed E-state index contributed by atoms with van der Waals surface area (Å²) in [5, 5.41) is 4.80. The molecule has 0 aromatic rings. The predicted molar refractivity (Wildman–Crippen MR) is 46.8 cm³/mol. The molecule has 1 heterocycles. The summed E-state index contributed by atoms with van der Waals surface area (Å²) < 4.78 is 23.4. The van der Waals surface area contributed by atoms with Crippen LogP contribution in [-0.2, 0) is 10.2 Å². The monoisotopic (exact) mass is 193 g/mol. The second-order valence-electron chi connectivity index (χ2n) is 3.17. The number of nitrogens with zero attached hydrogens (tertiary/aromatic N) is 1. The number of hydrogen-bond donors (Lipinski definition) is 2. The Morgan fingerprint density at radius 2 is 2.33 bits per heavy atom. The molecule has 1 fully saturated rings. The average molecular weight is 193 g/mol. The van der Waals surface area contributed by atoms with Crippen LogP contribution in [0.4, 0.5) is 0 Å². The van der Waals surface area contributed by atoms with E-state index >= 15 is 0 Å². The van der Waals surface area contributed by atoms with E-state index in [0.29, 0.717) is 12.6 Å². The van der Waals surface area contributed by atoms with Gasteiger partial charge in [0.15, 0.2) is 0 Å². The van der Waals surface area contributed by atoms with E-state index in [1.54, 1.807) is 0 Å². The zero-order valence-corrected chi connectivity index (χ0v) is 7.97. The molecule has 0 aromatic carbocycles. The van der Waals surface area contributed by atoms with Crippen LogP contribution < -0.4 is 9.86 Å². The summed E-state index contributed by atoms with van der Waals surface area (Å²) in [6.07, 6.45) is 2.17. The maximum Gasteiger partial charge on any atom is 0.274 e. The Kier molecular flexibility index (Phi) is 3.05. The van der Waals surface area contributed by atoms with Gasteiger partial charge in [-0.25, -0.2) is 9.86 Å². The highest BCUT2D eigenvalue weighted by molar-refractivity contribution is 7.87. The van der Waals surface area contributed by atoms with Gasteiger partial charge in [-0.3, -0.25) is 0 Å². The van der Waals surface area contributed by atoms with Crippen LogP contribution in [-0.4, -0.2) is 39.5 Å². The normalized spacial score (nSPS) is 26.3. The fraction of sp³-hybridized carbons (Fsp3) is 1.00. The Morgan fingerprint density at radius 1 is 1.67 bits per heavy atom. The van der Waals surface area contributed by atoms with Gasteiger partial charge >= 0.3 is 0 Å². The van der Waals surface area contributed by atoms with Crippen LogP contribution in [0, 0.1) is 0 Å². The molecule has 0 bridgehead atoms. The van der Waals surface area contributed by atoms with Crippen LogP contribution >= 0.6 is 0 Å². The second kappa shape index (κ2) is 3.69. The van der Waals surface area contributed by atoms with Gasteiger partial charge in [-0.05, 0) is 26.4 Å². The van der Waals surface area contributed by atoms with Gasteiger partial charge in [-0.1, -0.05) is 0 Å². The minimum absolute atomic E-state index is 0.309. The van der Waals surface area contributed by atoms with Crippen molar-refractivity contribution < 1.29 is 8.42 Å². The molecular weight excluding hydrogens is 178 g/mol. The van der Waals surface area contributed by atoms with Crippen molar-refractivity contribution in [1.82, 2.24) is 9.62 Å². The van der Waals surface area contributed by atoms with E-state index in [1.165, 1.54) is 0 Å². The SMILES string of the molecule is CN1CCCC1CNS(N)(=O)=O. The van der Waals surface area contributed by atoms with Crippen molar-refractivity contribution >= 4 is 10.2 Å². The number of rotatable bonds is 3. The molecule has 6 heteroatoms. The molecule has 1 atom stereocenters. The second-order valence-corrected chi connectivity index (χ2v) is 4.55. The quantitative estimate of drug-likeness (QED) is 0.596. The van der Waals surface area contributed by atoms with Gasteiger partial charge in [0.2, 0.25) is 0 Å². The summed E-state index contributed by atoms with van der Waals surface area (Å²) in [6.45, 7) is 1.46. The molecule has 1 unspecified atom stereocenters. The van der Waals surface area contributed by atoms with E-state index in [0.717, 1.165) is 19.4 Å². The maximum absolute atomic E-state index is 10.5. The van der Waals surface area contributed by atoms with E-state index in [1.807, 2.05) is 7.05 Å². The molecule has 1 aliphatic rings. The fourth-order valence-corrected chi connectivity index (χ4v) is 1.87. The molecule has 12 heavy (non-hydrogen) atoms. The third-order valence-electron chi connectivity index (χ3n) is 2.19. The van der Waals surface area contributed by atoms with E-state index in [2.05, 4.69) is 9.62 Å². The van der Waals surface area contributed by atoms with E-state index in [9.17, 15) is 8.42 Å². The third kappa shape index (κ3) is 3.06. The molecule has 1 rings (SSSR count). The minimum Gasteiger partial charge on any atom is -0.302 e. The van der Waals surface area contributed by atoms with Gasteiger partial charge in [0, 0.05) is 12.6 Å². The van der Waals surface area contributed by atoms with E-state index in [4.69, 9.17) is 5.14 Å². The van der Waals surface area contributed by atoms with Crippen LogP contribution in [0.25, 0.3) is 0 Å². The number of nitrogens with two attached hydrogens (primary N) is 1. The Morgan fingerprint density at radius 3 is 2.75 bits per heavy atom. The first kappa shape index (κ1) is 9.91. The molecule has 1 saturated heterocycles.